The van der Waals surface area contributed by atoms with Crippen LogP contribution in [0.4, 0.5) is 4.39 Å². The van der Waals surface area contributed by atoms with E-state index in [2.05, 4.69) is 28.9 Å². The fourth-order valence-electron chi connectivity index (χ4n) is 3.01. The van der Waals surface area contributed by atoms with Gasteiger partial charge in [0.2, 0.25) is 0 Å². The minimum Gasteiger partial charge on any atom is -0.241 e. The van der Waals surface area contributed by atoms with Gasteiger partial charge in [0.1, 0.15) is 10.6 Å². The molecule has 4 heteroatoms. The summed E-state index contributed by atoms with van der Waals surface area (Å²) in [6, 6.07) is 9.03. The van der Waals surface area contributed by atoms with Crippen LogP contribution in [0.1, 0.15) is 34.9 Å². The number of thiophene rings is 1. The van der Waals surface area contributed by atoms with E-state index in [1.54, 1.807) is 11.3 Å². The number of hydrogen-bond donors (Lipinski definition) is 0. The van der Waals surface area contributed by atoms with Gasteiger partial charge in [-0.2, -0.15) is 0 Å². The zero-order valence-electron chi connectivity index (χ0n) is 12.2. The third-order valence-corrected chi connectivity index (χ3v) is 5.67. The van der Waals surface area contributed by atoms with Crippen LogP contribution < -0.4 is 0 Å². The molecule has 0 atom stereocenters. The molecule has 1 fully saturated rings. The molecule has 0 spiro atoms. The van der Waals surface area contributed by atoms with Gasteiger partial charge in [-0.15, -0.1) is 11.3 Å². The lowest BCUT2D eigenvalue weighted by Gasteiger charge is -2.14. The van der Waals surface area contributed by atoms with Gasteiger partial charge in [-0.05, 0) is 54.7 Å². The standard InChI is InChI=1S/C18H15BrFNS/c1-10-8-14-16(11-4-6-13(20)7-5-11)15(9-19)17(12-2-3-12)21-18(14)22-10/h4-8,12H,2-3,9H2,1H3. The van der Waals surface area contributed by atoms with Crippen molar-refractivity contribution in [1.29, 1.82) is 0 Å². The number of alkyl halides is 1. The fraction of sp³-hybridized carbons (Fsp3) is 0.278. The van der Waals surface area contributed by atoms with Gasteiger partial charge in [-0.1, -0.05) is 28.1 Å². The third kappa shape index (κ3) is 2.38. The Morgan fingerprint density at radius 3 is 2.64 bits per heavy atom. The summed E-state index contributed by atoms with van der Waals surface area (Å²) < 4.78 is 13.3. The SMILES string of the molecule is Cc1cc2c(-c3ccc(F)cc3)c(CBr)c(C3CC3)nc2s1. The van der Waals surface area contributed by atoms with Crippen LogP contribution in [0, 0.1) is 12.7 Å². The lowest BCUT2D eigenvalue weighted by atomic mass is 9.95. The van der Waals surface area contributed by atoms with Crippen molar-refractivity contribution in [2.45, 2.75) is 31.0 Å². The molecule has 4 rings (SSSR count). The van der Waals surface area contributed by atoms with E-state index in [4.69, 9.17) is 4.98 Å². The van der Waals surface area contributed by atoms with E-state index in [1.165, 1.54) is 52.1 Å². The molecule has 1 saturated carbocycles. The first-order chi connectivity index (χ1) is 10.7. The van der Waals surface area contributed by atoms with Gasteiger partial charge in [0.15, 0.2) is 0 Å². The number of halogens is 2. The maximum Gasteiger partial charge on any atom is 0.124 e. The molecule has 0 aliphatic heterocycles. The van der Waals surface area contributed by atoms with Crippen molar-refractivity contribution in [3.8, 4) is 11.1 Å². The molecule has 112 valence electrons. The molecule has 0 radical (unpaired) electrons. The van der Waals surface area contributed by atoms with E-state index in [9.17, 15) is 4.39 Å². The molecule has 1 aliphatic rings. The molecule has 3 aromatic rings. The third-order valence-electron chi connectivity index (χ3n) is 4.17. The number of aryl methyl sites for hydroxylation is 1. The molecule has 0 amide bonds. The zero-order chi connectivity index (χ0) is 15.3. The van der Waals surface area contributed by atoms with Crippen LogP contribution in [0.3, 0.4) is 0 Å². The Labute approximate surface area is 141 Å². The first kappa shape index (κ1) is 14.3. The summed E-state index contributed by atoms with van der Waals surface area (Å²) in [5.41, 5.74) is 4.78. The first-order valence-electron chi connectivity index (χ1n) is 7.42. The Morgan fingerprint density at radius 1 is 1.27 bits per heavy atom. The van der Waals surface area contributed by atoms with Crippen LogP contribution in [0.15, 0.2) is 30.3 Å². The van der Waals surface area contributed by atoms with Crippen molar-refractivity contribution in [2.24, 2.45) is 0 Å². The van der Waals surface area contributed by atoms with E-state index in [0.717, 1.165) is 15.7 Å². The minimum absolute atomic E-state index is 0.196. The highest BCUT2D eigenvalue weighted by Crippen LogP contribution is 2.46. The molecule has 0 unspecified atom stereocenters. The number of pyridine rings is 1. The van der Waals surface area contributed by atoms with Gasteiger partial charge in [-0.25, -0.2) is 9.37 Å². The van der Waals surface area contributed by atoms with Crippen LogP contribution in [0.5, 0.6) is 0 Å². The summed E-state index contributed by atoms with van der Waals surface area (Å²) in [5, 5.41) is 1.97. The number of rotatable bonds is 3. The van der Waals surface area contributed by atoms with Crippen molar-refractivity contribution in [1.82, 2.24) is 4.98 Å². The first-order valence-corrected chi connectivity index (χ1v) is 9.36. The van der Waals surface area contributed by atoms with Gasteiger partial charge < -0.3 is 0 Å². The Hall–Kier alpha value is -1.26. The molecule has 0 bridgehead atoms. The monoisotopic (exact) mass is 375 g/mol. The summed E-state index contributed by atoms with van der Waals surface area (Å²) in [6.45, 7) is 2.12. The molecule has 1 nitrogen and oxygen atoms in total. The number of aromatic nitrogens is 1. The summed E-state index contributed by atoms with van der Waals surface area (Å²) in [7, 11) is 0. The normalized spacial score (nSPS) is 14.7. The predicted molar refractivity (Wildman–Crippen MR) is 94.4 cm³/mol. The van der Waals surface area contributed by atoms with Gasteiger partial charge in [0.25, 0.3) is 0 Å². The molecule has 22 heavy (non-hydrogen) atoms. The Morgan fingerprint density at radius 2 is 2.00 bits per heavy atom. The topological polar surface area (TPSA) is 12.9 Å². The number of nitrogens with zero attached hydrogens (tertiary/aromatic N) is 1. The second-order valence-electron chi connectivity index (χ2n) is 5.84. The average Bonchev–Trinajstić information content (AvgIpc) is 3.28. The lowest BCUT2D eigenvalue weighted by molar-refractivity contribution is 0.628. The average molecular weight is 376 g/mol. The Bertz CT molecular complexity index is 850. The highest BCUT2D eigenvalue weighted by atomic mass is 79.9. The molecule has 0 N–H and O–H groups in total. The van der Waals surface area contributed by atoms with E-state index in [1.807, 2.05) is 12.1 Å². The van der Waals surface area contributed by atoms with Gasteiger partial charge in [0.05, 0.1) is 0 Å². The lowest BCUT2D eigenvalue weighted by Crippen LogP contribution is -1.98. The van der Waals surface area contributed by atoms with Crippen LogP contribution in [-0.4, -0.2) is 4.98 Å². The zero-order valence-corrected chi connectivity index (χ0v) is 14.6. The molecule has 0 saturated heterocycles. The van der Waals surface area contributed by atoms with Gasteiger partial charge in [0, 0.05) is 27.2 Å². The van der Waals surface area contributed by atoms with E-state index >= 15 is 0 Å². The van der Waals surface area contributed by atoms with E-state index in [-0.39, 0.29) is 5.82 Å². The highest BCUT2D eigenvalue weighted by Gasteiger charge is 2.30. The molecule has 1 aliphatic carbocycles. The minimum atomic E-state index is -0.196. The molecule has 1 aromatic carbocycles. The largest absolute Gasteiger partial charge is 0.241 e. The smallest absolute Gasteiger partial charge is 0.124 e. The quantitative estimate of drug-likeness (QED) is 0.497. The van der Waals surface area contributed by atoms with Crippen molar-refractivity contribution < 1.29 is 4.39 Å². The van der Waals surface area contributed by atoms with Crippen molar-refractivity contribution in [3.63, 3.8) is 0 Å². The second kappa shape index (κ2) is 5.43. The summed E-state index contributed by atoms with van der Waals surface area (Å²) in [6.07, 6.45) is 2.46. The van der Waals surface area contributed by atoms with Gasteiger partial charge >= 0.3 is 0 Å². The van der Waals surface area contributed by atoms with Crippen LogP contribution in [-0.2, 0) is 5.33 Å². The summed E-state index contributed by atoms with van der Waals surface area (Å²) in [5.74, 6) is 0.400. The molecule has 2 aromatic heterocycles. The van der Waals surface area contributed by atoms with E-state index in [0.29, 0.717) is 5.92 Å². The second-order valence-corrected chi connectivity index (χ2v) is 7.64. The number of hydrogen-bond acceptors (Lipinski definition) is 2. The van der Waals surface area contributed by atoms with E-state index < -0.39 is 0 Å². The molecular formula is C18H15BrFNS. The Kier molecular flexibility index (Phi) is 3.54. The number of fused-ring (bicyclic) bond motifs is 1. The summed E-state index contributed by atoms with van der Waals surface area (Å²) >= 11 is 5.39. The van der Waals surface area contributed by atoms with Crippen molar-refractivity contribution in [3.05, 3.63) is 52.3 Å². The van der Waals surface area contributed by atoms with Crippen molar-refractivity contribution >= 4 is 37.5 Å². The Balaban J connectivity index is 2.06. The van der Waals surface area contributed by atoms with Crippen LogP contribution >= 0.6 is 27.3 Å². The van der Waals surface area contributed by atoms with Gasteiger partial charge in [-0.3, -0.25) is 0 Å². The van der Waals surface area contributed by atoms with Crippen LogP contribution in [0.25, 0.3) is 21.3 Å². The van der Waals surface area contributed by atoms with Crippen LogP contribution in [0.2, 0.25) is 0 Å². The maximum absolute atomic E-state index is 13.3. The van der Waals surface area contributed by atoms with Crippen molar-refractivity contribution in [2.75, 3.05) is 0 Å². The fourth-order valence-corrected chi connectivity index (χ4v) is 4.47. The number of benzene rings is 1. The predicted octanol–water partition coefficient (Wildman–Crippen LogP) is 6.18. The highest BCUT2D eigenvalue weighted by molar-refractivity contribution is 9.08. The molecular weight excluding hydrogens is 361 g/mol. The maximum atomic E-state index is 13.3. The summed E-state index contributed by atoms with van der Waals surface area (Å²) in [4.78, 5) is 7.31. The molecule has 2 heterocycles.